The zero-order chi connectivity index (χ0) is 42.6. The second-order valence-corrected chi connectivity index (χ2v) is 19.7. The van der Waals surface area contributed by atoms with E-state index >= 15 is 0 Å². The number of amides is 2. The Balaban J connectivity index is 0.726. The van der Waals surface area contributed by atoms with Gasteiger partial charge in [0.15, 0.2) is 5.82 Å². The summed E-state index contributed by atoms with van der Waals surface area (Å²) in [7, 11) is 0. The van der Waals surface area contributed by atoms with Crippen molar-refractivity contribution in [2.24, 2.45) is 16.7 Å². The zero-order valence-electron chi connectivity index (χ0n) is 35.5. The van der Waals surface area contributed by atoms with Crippen LogP contribution in [0.25, 0.3) is 11.3 Å². The average Bonchev–Trinajstić information content (AvgIpc) is 3.66. The number of anilines is 3. The number of nitrogens with zero attached hydrogens (tertiary/aromatic N) is 8. The van der Waals surface area contributed by atoms with Gasteiger partial charge in [-0.15, -0.1) is 10.2 Å². The number of phenols is 1. The van der Waals surface area contributed by atoms with Gasteiger partial charge < -0.3 is 45.6 Å². The van der Waals surface area contributed by atoms with Gasteiger partial charge in [-0.3, -0.25) is 9.59 Å². The lowest BCUT2D eigenvalue weighted by atomic mass is 9.56. The molecule has 4 atom stereocenters. The number of aromatic nitrogens is 4. The molecule has 5 fully saturated rings. The smallest absolute Gasteiger partial charge is 0.326 e. The fourth-order valence-electron chi connectivity index (χ4n) is 11.1. The Labute approximate surface area is 357 Å². The largest absolute Gasteiger partial charge is 0.507 e. The summed E-state index contributed by atoms with van der Waals surface area (Å²) in [6.07, 6.45) is 11.3. The Morgan fingerprint density at radius 2 is 1.66 bits per heavy atom. The number of likely N-dealkylation sites (tertiary alicyclic amines) is 2. The molecule has 5 N–H and O–H groups in total. The third-order valence-corrected chi connectivity index (χ3v) is 14.7. The van der Waals surface area contributed by atoms with Gasteiger partial charge in [0, 0.05) is 69.1 Å². The fraction of sp³-hybridized carbons (Fsp3) is 0.622. The average molecular weight is 837 g/mol. The number of β-amino-alcohol motifs (C(OH)–C–C–N with tert-alkyl or cyclic N) is 1. The van der Waals surface area contributed by atoms with Crippen LogP contribution in [0.3, 0.4) is 0 Å². The van der Waals surface area contributed by atoms with Gasteiger partial charge in [-0.05, 0) is 105 Å². The molecule has 326 valence electrons. The first-order valence-electron chi connectivity index (χ1n) is 22.2. The monoisotopic (exact) mass is 836 g/mol. The molecule has 2 saturated carbocycles. The van der Waals surface area contributed by atoms with Crippen molar-refractivity contribution in [3.8, 4) is 17.0 Å². The van der Waals surface area contributed by atoms with Crippen LogP contribution in [0.4, 0.5) is 17.5 Å². The number of carbonyl (C=O) groups is 3. The Hall–Kier alpha value is -5.09. The van der Waals surface area contributed by atoms with Gasteiger partial charge in [0.2, 0.25) is 17.8 Å². The molecule has 0 radical (unpaired) electrons. The Bertz CT molecular complexity index is 2110. The molecule has 0 unspecified atom stereocenters. The molecule has 16 nitrogen and oxygen atoms in total. The lowest BCUT2D eigenvalue weighted by Crippen LogP contribution is -2.58. The van der Waals surface area contributed by atoms with Crippen LogP contribution in [0.5, 0.6) is 5.75 Å². The predicted molar refractivity (Wildman–Crippen MR) is 229 cm³/mol. The molecule has 1 spiro atoms. The lowest BCUT2D eigenvalue weighted by Gasteiger charge is -2.55. The van der Waals surface area contributed by atoms with Crippen molar-refractivity contribution >= 4 is 35.2 Å². The van der Waals surface area contributed by atoms with E-state index in [0.29, 0.717) is 23.2 Å². The normalized spacial score (nSPS) is 28.7. The number of fused-ring (bicyclic) bond motifs is 3. The van der Waals surface area contributed by atoms with E-state index in [-0.39, 0.29) is 42.0 Å². The molecule has 6 aliphatic rings. The maximum absolute atomic E-state index is 13.6. The number of phenolic OH excluding ortho intramolecular Hbond substituents is 1. The number of carbonyl (C=O) groups excluding carboxylic acids is 2. The highest BCUT2D eigenvalue weighted by Gasteiger charge is 2.50. The molecule has 16 heteroatoms. The van der Waals surface area contributed by atoms with E-state index in [4.69, 9.17) is 9.97 Å². The van der Waals surface area contributed by atoms with Gasteiger partial charge in [-0.25, -0.2) is 14.8 Å². The number of hydrogen-bond acceptors (Lipinski definition) is 13. The van der Waals surface area contributed by atoms with Crippen molar-refractivity contribution < 1.29 is 29.7 Å². The predicted octanol–water partition coefficient (Wildman–Crippen LogP) is 3.86. The molecule has 1 aromatic carbocycles. The third-order valence-electron chi connectivity index (χ3n) is 14.7. The van der Waals surface area contributed by atoms with Crippen LogP contribution in [0.1, 0.15) is 90.0 Å². The Morgan fingerprint density at radius 1 is 0.934 bits per heavy atom. The van der Waals surface area contributed by atoms with E-state index in [1.54, 1.807) is 12.1 Å². The van der Waals surface area contributed by atoms with E-state index < -0.39 is 35.5 Å². The summed E-state index contributed by atoms with van der Waals surface area (Å²) >= 11 is 0. The number of piperidine rings is 1. The van der Waals surface area contributed by atoms with E-state index in [0.717, 1.165) is 95.2 Å². The van der Waals surface area contributed by atoms with Gasteiger partial charge in [0.05, 0.1) is 23.5 Å². The number of carboxylic acids is 1. The fourth-order valence-corrected chi connectivity index (χ4v) is 11.1. The summed E-state index contributed by atoms with van der Waals surface area (Å²) in [6, 6.07) is 8.06. The highest BCUT2D eigenvalue weighted by atomic mass is 16.4. The summed E-state index contributed by atoms with van der Waals surface area (Å²) in [6.45, 7) is 10.8. The van der Waals surface area contributed by atoms with Crippen molar-refractivity contribution in [1.82, 2.24) is 35.3 Å². The lowest BCUT2D eigenvalue weighted by molar-refractivity contribution is -0.151. The quantitative estimate of drug-likeness (QED) is 0.219. The van der Waals surface area contributed by atoms with Crippen molar-refractivity contribution in [2.75, 3.05) is 60.9 Å². The zero-order valence-corrected chi connectivity index (χ0v) is 35.5. The summed E-state index contributed by atoms with van der Waals surface area (Å²) in [5, 5.41) is 45.5. The number of benzene rings is 1. The second kappa shape index (κ2) is 16.3. The maximum Gasteiger partial charge on any atom is 0.326 e. The van der Waals surface area contributed by atoms with E-state index in [1.165, 1.54) is 23.3 Å². The minimum absolute atomic E-state index is 0.00300. The van der Waals surface area contributed by atoms with Gasteiger partial charge in [0.25, 0.3) is 0 Å². The van der Waals surface area contributed by atoms with Crippen LogP contribution < -0.4 is 20.4 Å². The molecule has 3 saturated heterocycles. The number of rotatable bonds is 8. The van der Waals surface area contributed by atoms with Crippen molar-refractivity contribution in [2.45, 2.75) is 115 Å². The molecule has 4 aliphatic heterocycles. The number of para-hydroxylation sites is 1. The second-order valence-electron chi connectivity index (χ2n) is 19.7. The van der Waals surface area contributed by atoms with Crippen LogP contribution in [0, 0.1) is 16.7 Å². The van der Waals surface area contributed by atoms with E-state index in [1.807, 2.05) is 51.4 Å². The number of nitrogens with one attached hydrogen (secondary N) is 2. The summed E-state index contributed by atoms with van der Waals surface area (Å²) in [5.41, 5.74) is 3.18. The summed E-state index contributed by atoms with van der Waals surface area (Å²) in [4.78, 5) is 57.4. The molecule has 2 amide bonds. The van der Waals surface area contributed by atoms with E-state index in [9.17, 15) is 29.7 Å². The first-order valence-corrected chi connectivity index (χ1v) is 22.2. The first kappa shape index (κ1) is 41.3. The van der Waals surface area contributed by atoms with Gasteiger partial charge >= 0.3 is 5.97 Å². The number of piperazine rings is 1. The highest BCUT2D eigenvalue weighted by Crippen LogP contribution is 2.55. The Morgan fingerprint density at radius 3 is 2.34 bits per heavy atom. The number of aliphatic carboxylic acids is 1. The number of aliphatic hydroxyl groups excluding tert-OH is 1. The van der Waals surface area contributed by atoms with Gasteiger partial charge in [-0.1, -0.05) is 32.9 Å². The van der Waals surface area contributed by atoms with Crippen molar-refractivity contribution in [3.05, 3.63) is 48.3 Å². The first-order chi connectivity index (χ1) is 29.2. The van der Waals surface area contributed by atoms with Crippen LogP contribution in [0.2, 0.25) is 0 Å². The number of aliphatic hydroxyl groups is 1. The highest BCUT2D eigenvalue weighted by molar-refractivity contribution is 5.92. The summed E-state index contributed by atoms with van der Waals surface area (Å²) in [5.74, 6) is 0.282. The molecule has 9 rings (SSSR count). The standard InChI is InChI=1S/C45H60N10O6/c1-44(2,3)38(41(59)55-26-32(56)18-36(55)42(60)61)49-40(58)28-8-12-45(13-9-28)20-30(21-45)52-14-10-27(11-15-52)29-22-47-43(48-23-29)53-16-17-54-31(25-53)24-46-39-35(54)19-34(50-51-39)33-6-4-5-7-37(33)57/h4-7,19,22-23,27-28,30-32,36,38,56-57H,8-18,20-21,24-26H2,1-3H3,(H,46,51)(H,49,58)(H,60,61)/t28?,30?,31-,32+,36-,38+,45?/m0/s1. The van der Waals surface area contributed by atoms with Crippen molar-refractivity contribution in [1.29, 1.82) is 0 Å². The molecule has 0 bridgehead atoms. The van der Waals surface area contributed by atoms with Crippen molar-refractivity contribution in [3.63, 3.8) is 0 Å². The van der Waals surface area contributed by atoms with Crippen LogP contribution in [0.15, 0.2) is 42.7 Å². The number of aromatic hydroxyl groups is 1. The van der Waals surface area contributed by atoms with Crippen LogP contribution in [-0.2, 0) is 14.4 Å². The molecule has 61 heavy (non-hydrogen) atoms. The topological polar surface area (TPSA) is 200 Å². The van der Waals surface area contributed by atoms with Crippen LogP contribution >= 0.6 is 0 Å². The SMILES string of the molecule is CC(C)(C)[C@H](NC(=O)C1CCC2(CC1)CC(N1CCC(c3cnc(N4CCN5c6cc(-c7ccccc7O)nnc6NC[C@H]5C4)nc3)CC1)C2)C(=O)N1C[C@H](O)C[C@H]1C(=O)O. The van der Waals surface area contributed by atoms with Gasteiger partial charge in [-0.2, -0.15) is 0 Å². The van der Waals surface area contributed by atoms with E-state index in [2.05, 4.69) is 35.5 Å². The molecule has 2 aliphatic carbocycles. The molecule has 3 aromatic rings. The minimum Gasteiger partial charge on any atom is -0.507 e. The Kier molecular flexibility index (Phi) is 11.0. The minimum atomic E-state index is -1.14. The molecular formula is C45H60N10O6. The molecule has 6 heterocycles. The van der Waals surface area contributed by atoms with Crippen LogP contribution in [-0.4, -0.2) is 139 Å². The molecular weight excluding hydrogens is 777 g/mol. The third kappa shape index (κ3) is 8.20. The number of hydrogen-bond donors (Lipinski definition) is 5. The maximum atomic E-state index is 13.6. The molecule has 2 aromatic heterocycles. The summed E-state index contributed by atoms with van der Waals surface area (Å²) < 4.78 is 0. The van der Waals surface area contributed by atoms with Gasteiger partial charge in [0.1, 0.15) is 17.8 Å². The number of carboxylic acid groups (broad SMARTS) is 1.